The monoisotopic (exact) mass is 206 g/mol. The second-order valence-electron chi connectivity index (χ2n) is 3.26. The maximum Gasteiger partial charge on any atom is 0.159 e. The predicted molar refractivity (Wildman–Crippen MR) is 58.0 cm³/mol. The molecule has 0 spiro atoms. The Labute approximate surface area is 88.7 Å². The first-order chi connectivity index (χ1) is 7.15. The number of Topliss-reactive ketones (excluding diaryl/α,β-unsaturated/α-hetero) is 1. The molecular formula is C12H14O3. The molecule has 2 N–H and O–H groups in total. The average molecular weight is 206 g/mol. The van der Waals surface area contributed by atoms with Gasteiger partial charge in [0.25, 0.3) is 0 Å². The summed E-state index contributed by atoms with van der Waals surface area (Å²) in [5.74, 6) is 0.143. The highest BCUT2D eigenvalue weighted by Crippen LogP contribution is 2.19. The first-order valence-corrected chi connectivity index (χ1v) is 4.74. The zero-order chi connectivity index (χ0) is 11.3. The Morgan fingerprint density at radius 2 is 2.13 bits per heavy atom. The van der Waals surface area contributed by atoms with Crippen LogP contribution >= 0.6 is 0 Å². The lowest BCUT2D eigenvalue weighted by Crippen LogP contribution is -1.94. The number of allylic oxidation sites excluding steroid dienone is 1. The molecule has 0 saturated heterocycles. The lowest BCUT2D eigenvalue weighted by atomic mass is 10.0. The van der Waals surface area contributed by atoms with Crippen molar-refractivity contribution >= 4 is 5.78 Å². The molecule has 0 heterocycles. The number of carbonyl (C=O) groups excluding carboxylic acids is 1. The van der Waals surface area contributed by atoms with Gasteiger partial charge in [-0.05, 0) is 37.1 Å². The summed E-state index contributed by atoms with van der Waals surface area (Å²) in [6, 6.07) is 4.77. The van der Waals surface area contributed by atoms with Crippen LogP contribution in [0.3, 0.4) is 0 Å². The fourth-order valence-corrected chi connectivity index (χ4v) is 1.25. The Kier molecular flexibility index (Phi) is 4.06. The third-order valence-corrected chi connectivity index (χ3v) is 2.10. The molecule has 0 unspecified atom stereocenters. The van der Waals surface area contributed by atoms with Crippen LogP contribution in [0.2, 0.25) is 0 Å². The summed E-state index contributed by atoms with van der Waals surface area (Å²) in [5, 5.41) is 18.1. The van der Waals surface area contributed by atoms with Gasteiger partial charge in [-0.25, -0.2) is 0 Å². The third-order valence-electron chi connectivity index (χ3n) is 2.10. The summed E-state index contributed by atoms with van der Waals surface area (Å²) in [7, 11) is 0. The van der Waals surface area contributed by atoms with Crippen molar-refractivity contribution in [1.82, 2.24) is 0 Å². The Hall–Kier alpha value is -1.61. The third kappa shape index (κ3) is 3.22. The normalized spacial score (nSPS) is 10.8. The fraction of sp³-hybridized carbons (Fsp3) is 0.250. The summed E-state index contributed by atoms with van der Waals surface area (Å²) >= 11 is 0. The number of rotatable bonds is 4. The number of aromatic hydroxyl groups is 1. The molecule has 0 radical (unpaired) electrons. The number of aliphatic hydroxyl groups excluding tert-OH is 1. The van der Waals surface area contributed by atoms with Crippen LogP contribution in [0, 0.1) is 0 Å². The number of phenols is 1. The van der Waals surface area contributed by atoms with Gasteiger partial charge in [-0.1, -0.05) is 12.2 Å². The smallest absolute Gasteiger partial charge is 0.159 e. The maximum atomic E-state index is 11.1. The molecule has 0 aliphatic heterocycles. The number of phenolic OH excluding ortho intramolecular Hbond substituents is 1. The molecule has 0 fully saturated rings. The molecule has 0 aromatic heterocycles. The van der Waals surface area contributed by atoms with Gasteiger partial charge in [0.2, 0.25) is 0 Å². The highest BCUT2D eigenvalue weighted by molar-refractivity contribution is 5.94. The van der Waals surface area contributed by atoms with E-state index in [2.05, 4.69) is 0 Å². The SMILES string of the molecule is CC(=O)c1ccc(O)c(C/C=C/CO)c1. The van der Waals surface area contributed by atoms with Gasteiger partial charge in [0.05, 0.1) is 6.61 Å². The number of hydrogen-bond acceptors (Lipinski definition) is 3. The standard InChI is InChI=1S/C12H14O3/c1-9(14)10-5-6-12(15)11(8-10)4-2-3-7-13/h2-3,5-6,8,13,15H,4,7H2,1H3/b3-2+. The molecule has 0 atom stereocenters. The Morgan fingerprint density at radius 1 is 1.40 bits per heavy atom. The summed E-state index contributed by atoms with van der Waals surface area (Å²) in [6.07, 6.45) is 3.85. The van der Waals surface area contributed by atoms with Crippen molar-refractivity contribution in [1.29, 1.82) is 0 Å². The van der Waals surface area contributed by atoms with E-state index in [9.17, 15) is 9.90 Å². The van der Waals surface area contributed by atoms with Gasteiger partial charge in [-0.2, -0.15) is 0 Å². The molecule has 1 aromatic carbocycles. The number of carbonyl (C=O) groups is 1. The van der Waals surface area contributed by atoms with E-state index in [1.807, 2.05) is 0 Å². The van der Waals surface area contributed by atoms with E-state index < -0.39 is 0 Å². The minimum absolute atomic E-state index is 0.0207. The van der Waals surface area contributed by atoms with E-state index in [1.54, 1.807) is 24.3 Å². The number of hydrogen-bond donors (Lipinski definition) is 2. The van der Waals surface area contributed by atoms with E-state index in [1.165, 1.54) is 13.0 Å². The molecule has 0 amide bonds. The average Bonchev–Trinajstić information content (AvgIpc) is 2.20. The topological polar surface area (TPSA) is 57.5 Å². The molecule has 0 aliphatic rings. The lowest BCUT2D eigenvalue weighted by Gasteiger charge is -2.03. The second kappa shape index (κ2) is 5.32. The number of benzene rings is 1. The molecule has 3 nitrogen and oxygen atoms in total. The fourth-order valence-electron chi connectivity index (χ4n) is 1.25. The van der Waals surface area contributed by atoms with E-state index >= 15 is 0 Å². The highest BCUT2D eigenvalue weighted by Gasteiger charge is 2.04. The van der Waals surface area contributed by atoms with Gasteiger partial charge in [0, 0.05) is 5.56 Å². The Bertz CT molecular complexity index is 380. The zero-order valence-corrected chi connectivity index (χ0v) is 8.60. The zero-order valence-electron chi connectivity index (χ0n) is 8.60. The van der Waals surface area contributed by atoms with Crippen molar-refractivity contribution in [3.8, 4) is 5.75 Å². The van der Waals surface area contributed by atoms with Crippen LogP contribution in [-0.2, 0) is 6.42 Å². The molecule has 0 aliphatic carbocycles. The number of aliphatic hydroxyl groups is 1. The maximum absolute atomic E-state index is 11.1. The van der Waals surface area contributed by atoms with E-state index in [0.717, 1.165) is 0 Å². The highest BCUT2D eigenvalue weighted by atomic mass is 16.3. The van der Waals surface area contributed by atoms with E-state index in [-0.39, 0.29) is 18.1 Å². The Balaban J connectivity index is 2.90. The van der Waals surface area contributed by atoms with Crippen LogP contribution < -0.4 is 0 Å². The predicted octanol–water partition coefficient (Wildman–Crippen LogP) is 1.69. The summed E-state index contributed by atoms with van der Waals surface area (Å²) in [5.41, 5.74) is 1.27. The first kappa shape index (κ1) is 11.5. The van der Waals surface area contributed by atoms with Gasteiger partial charge in [0.1, 0.15) is 5.75 Å². The van der Waals surface area contributed by atoms with Crippen LogP contribution in [0.25, 0.3) is 0 Å². The van der Waals surface area contributed by atoms with Gasteiger partial charge < -0.3 is 10.2 Å². The van der Waals surface area contributed by atoms with Crippen LogP contribution in [0.4, 0.5) is 0 Å². The molecule has 80 valence electrons. The molecule has 15 heavy (non-hydrogen) atoms. The lowest BCUT2D eigenvalue weighted by molar-refractivity contribution is 0.101. The minimum atomic E-state index is -0.0256. The second-order valence-corrected chi connectivity index (χ2v) is 3.26. The van der Waals surface area contributed by atoms with Crippen molar-refractivity contribution in [3.63, 3.8) is 0 Å². The van der Waals surface area contributed by atoms with Crippen molar-refractivity contribution in [2.45, 2.75) is 13.3 Å². The van der Waals surface area contributed by atoms with E-state index in [0.29, 0.717) is 17.5 Å². The van der Waals surface area contributed by atoms with Crippen LogP contribution in [0.5, 0.6) is 5.75 Å². The molecule has 3 heteroatoms. The van der Waals surface area contributed by atoms with Crippen LogP contribution in [0.1, 0.15) is 22.8 Å². The van der Waals surface area contributed by atoms with Crippen LogP contribution in [0.15, 0.2) is 30.4 Å². The van der Waals surface area contributed by atoms with Crippen LogP contribution in [-0.4, -0.2) is 22.6 Å². The quantitative estimate of drug-likeness (QED) is 0.582. The number of ketones is 1. The van der Waals surface area contributed by atoms with Crippen molar-refractivity contribution in [2.75, 3.05) is 6.61 Å². The molecule has 1 aromatic rings. The summed E-state index contributed by atoms with van der Waals surface area (Å²) in [6.45, 7) is 1.47. The first-order valence-electron chi connectivity index (χ1n) is 4.74. The summed E-state index contributed by atoms with van der Waals surface area (Å²) in [4.78, 5) is 11.1. The van der Waals surface area contributed by atoms with Gasteiger partial charge >= 0.3 is 0 Å². The molecule has 0 saturated carbocycles. The van der Waals surface area contributed by atoms with Crippen molar-refractivity contribution < 1.29 is 15.0 Å². The Morgan fingerprint density at radius 3 is 2.73 bits per heavy atom. The molecular weight excluding hydrogens is 192 g/mol. The molecule has 1 rings (SSSR count). The van der Waals surface area contributed by atoms with Gasteiger partial charge in [0.15, 0.2) is 5.78 Å². The van der Waals surface area contributed by atoms with E-state index in [4.69, 9.17) is 5.11 Å². The van der Waals surface area contributed by atoms with Crippen molar-refractivity contribution in [3.05, 3.63) is 41.5 Å². The van der Waals surface area contributed by atoms with Gasteiger partial charge in [-0.15, -0.1) is 0 Å². The van der Waals surface area contributed by atoms with Gasteiger partial charge in [-0.3, -0.25) is 4.79 Å². The molecule has 0 bridgehead atoms. The summed E-state index contributed by atoms with van der Waals surface area (Å²) < 4.78 is 0. The van der Waals surface area contributed by atoms with Crippen molar-refractivity contribution in [2.24, 2.45) is 0 Å². The minimum Gasteiger partial charge on any atom is -0.508 e. The largest absolute Gasteiger partial charge is 0.508 e.